The number of anilines is 1. The SMILES string of the molecule is CC(Nc1ncnc2nc[nH]c12)c1nc2ccc(F)c(C#N)c2n1-c1ccccn1. The average molecular weight is 399 g/mol. The van der Waals surface area contributed by atoms with Crippen LogP contribution in [0.3, 0.4) is 0 Å². The Kier molecular flexibility index (Phi) is 4.07. The van der Waals surface area contributed by atoms with Crippen LogP contribution in [0.15, 0.2) is 49.2 Å². The number of aromatic amines is 1. The molecular weight excluding hydrogens is 385 g/mol. The highest BCUT2D eigenvalue weighted by atomic mass is 19.1. The van der Waals surface area contributed by atoms with Gasteiger partial charge in [0.05, 0.1) is 23.4 Å². The molecule has 0 fully saturated rings. The first-order chi connectivity index (χ1) is 14.7. The first-order valence-electron chi connectivity index (χ1n) is 9.10. The smallest absolute Gasteiger partial charge is 0.182 e. The summed E-state index contributed by atoms with van der Waals surface area (Å²) in [6.45, 7) is 1.90. The van der Waals surface area contributed by atoms with Crippen molar-refractivity contribution in [3.8, 4) is 11.9 Å². The Hall–Kier alpha value is -4.39. The lowest BCUT2D eigenvalue weighted by Gasteiger charge is -2.16. The third kappa shape index (κ3) is 2.72. The Labute approximate surface area is 169 Å². The van der Waals surface area contributed by atoms with Crippen molar-refractivity contribution in [2.45, 2.75) is 13.0 Å². The summed E-state index contributed by atoms with van der Waals surface area (Å²) < 4.78 is 16.1. The van der Waals surface area contributed by atoms with E-state index in [1.165, 1.54) is 12.4 Å². The van der Waals surface area contributed by atoms with Crippen LogP contribution in [0.1, 0.15) is 24.4 Å². The largest absolute Gasteiger partial charge is 0.358 e. The van der Waals surface area contributed by atoms with E-state index in [1.807, 2.05) is 19.1 Å². The lowest BCUT2D eigenvalue weighted by molar-refractivity contribution is 0.625. The highest BCUT2D eigenvalue weighted by Crippen LogP contribution is 2.30. The number of pyridine rings is 1. The molecule has 9 nitrogen and oxygen atoms in total. The Morgan fingerprint density at radius 2 is 2.07 bits per heavy atom. The fourth-order valence-corrected chi connectivity index (χ4v) is 3.42. The van der Waals surface area contributed by atoms with Gasteiger partial charge in [-0.15, -0.1) is 0 Å². The number of benzene rings is 1. The molecule has 0 bridgehead atoms. The van der Waals surface area contributed by atoms with Crippen LogP contribution in [0, 0.1) is 17.1 Å². The molecule has 10 heteroatoms. The van der Waals surface area contributed by atoms with E-state index in [0.717, 1.165) is 0 Å². The van der Waals surface area contributed by atoms with Crippen LogP contribution in [0.5, 0.6) is 0 Å². The van der Waals surface area contributed by atoms with E-state index >= 15 is 0 Å². The predicted molar refractivity (Wildman–Crippen MR) is 107 cm³/mol. The predicted octanol–water partition coefficient (Wildman–Crippen LogP) is 3.27. The summed E-state index contributed by atoms with van der Waals surface area (Å²) in [4.78, 5) is 24.6. The second kappa shape index (κ2) is 6.89. The van der Waals surface area contributed by atoms with E-state index < -0.39 is 5.82 Å². The van der Waals surface area contributed by atoms with Crippen molar-refractivity contribution < 1.29 is 4.39 Å². The molecule has 0 aliphatic rings. The van der Waals surface area contributed by atoms with Crippen LogP contribution >= 0.6 is 0 Å². The number of nitriles is 1. The van der Waals surface area contributed by atoms with E-state index in [9.17, 15) is 9.65 Å². The van der Waals surface area contributed by atoms with E-state index in [2.05, 4.69) is 35.2 Å². The van der Waals surface area contributed by atoms with Gasteiger partial charge in [0, 0.05) is 6.20 Å². The summed E-state index contributed by atoms with van der Waals surface area (Å²) in [5.74, 6) is 1.03. The molecule has 2 N–H and O–H groups in total. The molecule has 0 aliphatic carbocycles. The monoisotopic (exact) mass is 399 g/mol. The number of halogens is 1. The summed E-state index contributed by atoms with van der Waals surface area (Å²) in [6.07, 6.45) is 4.59. The maximum absolute atomic E-state index is 14.4. The summed E-state index contributed by atoms with van der Waals surface area (Å²) in [6, 6.07) is 9.77. The van der Waals surface area contributed by atoms with Crippen molar-refractivity contribution in [3.05, 3.63) is 66.4 Å². The van der Waals surface area contributed by atoms with Gasteiger partial charge in [-0.05, 0) is 31.2 Å². The summed E-state index contributed by atoms with van der Waals surface area (Å²) in [5, 5.41) is 12.9. The van der Waals surface area contributed by atoms with Gasteiger partial charge in [-0.3, -0.25) is 4.57 Å². The average Bonchev–Trinajstić information content (AvgIpc) is 3.40. The second-order valence-electron chi connectivity index (χ2n) is 6.58. The van der Waals surface area contributed by atoms with Crippen LogP contribution in [0.4, 0.5) is 10.2 Å². The summed E-state index contributed by atoms with van der Waals surface area (Å²) >= 11 is 0. The van der Waals surface area contributed by atoms with Crippen LogP contribution in [-0.4, -0.2) is 34.5 Å². The van der Waals surface area contributed by atoms with Gasteiger partial charge < -0.3 is 10.3 Å². The molecule has 30 heavy (non-hydrogen) atoms. The lowest BCUT2D eigenvalue weighted by atomic mass is 10.2. The molecule has 0 aliphatic heterocycles. The molecule has 1 aromatic carbocycles. The van der Waals surface area contributed by atoms with E-state index in [0.29, 0.717) is 39.7 Å². The van der Waals surface area contributed by atoms with Crippen LogP contribution < -0.4 is 5.32 Å². The van der Waals surface area contributed by atoms with Gasteiger partial charge >= 0.3 is 0 Å². The third-order valence-corrected chi connectivity index (χ3v) is 4.75. The van der Waals surface area contributed by atoms with Crippen molar-refractivity contribution in [1.82, 2.24) is 34.5 Å². The van der Waals surface area contributed by atoms with Gasteiger partial charge in [0.1, 0.15) is 40.9 Å². The molecule has 5 aromatic rings. The number of rotatable bonds is 4. The van der Waals surface area contributed by atoms with Crippen molar-refractivity contribution in [1.29, 1.82) is 5.26 Å². The van der Waals surface area contributed by atoms with Crippen molar-refractivity contribution in [2.75, 3.05) is 5.32 Å². The zero-order valence-corrected chi connectivity index (χ0v) is 15.7. The Balaban J connectivity index is 1.71. The maximum atomic E-state index is 14.4. The molecule has 1 unspecified atom stereocenters. The Bertz CT molecular complexity index is 1420. The van der Waals surface area contributed by atoms with Crippen LogP contribution in [-0.2, 0) is 0 Å². The van der Waals surface area contributed by atoms with Crippen molar-refractivity contribution >= 4 is 28.0 Å². The standard InChI is InChI=1S/C20H14FN9/c1-11(28-19-16-18(25-9-24-16)26-10-27-19)20-29-14-6-5-13(21)12(8-22)17(14)30(20)15-4-2-3-7-23-15/h2-7,9-11H,1H3,(H2,24,25,26,27,28). The molecule has 5 rings (SSSR count). The fourth-order valence-electron chi connectivity index (χ4n) is 3.42. The second-order valence-corrected chi connectivity index (χ2v) is 6.58. The molecule has 1 atom stereocenters. The number of H-pyrrole nitrogens is 1. The number of hydrogen-bond donors (Lipinski definition) is 2. The minimum atomic E-state index is -0.607. The highest BCUT2D eigenvalue weighted by molar-refractivity contribution is 5.85. The fraction of sp³-hybridized carbons (Fsp3) is 0.100. The topological polar surface area (TPSA) is 121 Å². The zero-order valence-electron chi connectivity index (χ0n) is 15.7. The van der Waals surface area contributed by atoms with Gasteiger partial charge in [0.2, 0.25) is 0 Å². The summed E-state index contributed by atoms with van der Waals surface area (Å²) in [5.41, 5.74) is 1.98. The van der Waals surface area contributed by atoms with Gasteiger partial charge in [-0.2, -0.15) is 5.26 Å². The number of nitrogens with one attached hydrogen (secondary N) is 2. The van der Waals surface area contributed by atoms with Gasteiger partial charge in [0.25, 0.3) is 0 Å². The van der Waals surface area contributed by atoms with Gasteiger partial charge in [0.15, 0.2) is 11.5 Å². The lowest BCUT2D eigenvalue weighted by Crippen LogP contribution is -2.15. The van der Waals surface area contributed by atoms with E-state index in [4.69, 9.17) is 0 Å². The van der Waals surface area contributed by atoms with E-state index in [1.54, 1.807) is 35.3 Å². The maximum Gasteiger partial charge on any atom is 0.182 e. The minimum absolute atomic E-state index is 0.0814. The minimum Gasteiger partial charge on any atom is -0.358 e. The Morgan fingerprint density at radius 3 is 2.87 bits per heavy atom. The summed E-state index contributed by atoms with van der Waals surface area (Å²) in [7, 11) is 0. The van der Waals surface area contributed by atoms with Crippen LogP contribution in [0.2, 0.25) is 0 Å². The third-order valence-electron chi connectivity index (χ3n) is 4.75. The zero-order chi connectivity index (χ0) is 20.7. The molecule has 0 radical (unpaired) electrons. The van der Waals surface area contributed by atoms with Crippen molar-refractivity contribution in [2.24, 2.45) is 0 Å². The normalized spacial score (nSPS) is 12.2. The quantitative estimate of drug-likeness (QED) is 0.476. The number of aromatic nitrogens is 7. The molecule has 4 heterocycles. The first kappa shape index (κ1) is 17.7. The highest BCUT2D eigenvalue weighted by Gasteiger charge is 2.23. The molecule has 0 amide bonds. The van der Waals surface area contributed by atoms with E-state index in [-0.39, 0.29) is 11.6 Å². The number of nitrogens with zero attached hydrogens (tertiary/aromatic N) is 7. The number of fused-ring (bicyclic) bond motifs is 2. The molecule has 0 saturated carbocycles. The Morgan fingerprint density at radius 1 is 1.17 bits per heavy atom. The molecule has 0 saturated heterocycles. The van der Waals surface area contributed by atoms with Gasteiger partial charge in [-0.25, -0.2) is 29.3 Å². The number of hydrogen-bond acceptors (Lipinski definition) is 7. The number of imidazole rings is 2. The molecule has 0 spiro atoms. The molecule has 4 aromatic heterocycles. The molecular formula is C20H14FN9. The van der Waals surface area contributed by atoms with Crippen molar-refractivity contribution in [3.63, 3.8) is 0 Å². The first-order valence-corrected chi connectivity index (χ1v) is 9.10. The van der Waals surface area contributed by atoms with Gasteiger partial charge in [-0.1, -0.05) is 6.07 Å². The molecule has 146 valence electrons. The van der Waals surface area contributed by atoms with Crippen LogP contribution in [0.25, 0.3) is 28.0 Å².